The molecule has 17 heavy (non-hydrogen) atoms. The summed E-state index contributed by atoms with van der Waals surface area (Å²) in [4.78, 5) is 10.9. The summed E-state index contributed by atoms with van der Waals surface area (Å²) in [6.07, 6.45) is 1.90. The summed E-state index contributed by atoms with van der Waals surface area (Å²) in [6.45, 7) is 0. The molecule has 0 bridgehead atoms. The normalized spacial score (nSPS) is 10.9. The van der Waals surface area contributed by atoms with Crippen molar-refractivity contribution < 1.29 is 4.79 Å². The van der Waals surface area contributed by atoms with Gasteiger partial charge in [-0.1, -0.05) is 36.4 Å². The quantitative estimate of drug-likeness (QED) is 0.612. The van der Waals surface area contributed by atoms with Gasteiger partial charge in [-0.25, -0.2) is 9.69 Å². The molecule has 0 saturated heterocycles. The number of hydrogen-bond acceptors (Lipinski definition) is 1. The van der Waals surface area contributed by atoms with E-state index in [9.17, 15) is 4.79 Å². The summed E-state index contributed by atoms with van der Waals surface area (Å²) in [6, 6.07) is 16.1. The smallest absolute Gasteiger partial charge is 0.261 e. The summed E-state index contributed by atoms with van der Waals surface area (Å²) < 4.78 is 1.87. The highest BCUT2D eigenvalue weighted by molar-refractivity contribution is 6.08. The molecule has 0 aliphatic carbocycles. The predicted octanol–water partition coefficient (Wildman–Crippen LogP) is 2.43. The Labute approximate surface area is 98.8 Å². The average molecular weight is 223 g/mol. The van der Waals surface area contributed by atoms with Gasteiger partial charge >= 0.3 is 6.41 Å². The summed E-state index contributed by atoms with van der Waals surface area (Å²) in [7, 11) is 1.70. The lowest BCUT2D eigenvalue weighted by atomic mass is 10.2. The van der Waals surface area contributed by atoms with Gasteiger partial charge in [0.05, 0.1) is 11.0 Å². The number of fused-ring (bicyclic) bond motifs is 3. The first-order valence-electron chi connectivity index (χ1n) is 5.43. The van der Waals surface area contributed by atoms with Gasteiger partial charge in [0.15, 0.2) is 0 Å². The van der Waals surface area contributed by atoms with E-state index in [1.54, 1.807) is 7.05 Å². The fourth-order valence-corrected chi connectivity index (χ4v) is 2.27. The maximum Gasteiger partial charge on any atom is 0.332 e. The highest BCUT2D eigenvalue weighted by Gasteiger charge is 2.11. The van der Waals surface area contributed by atoms with Crippen LogP contribution in [0.2, 0.25) is 0 Å². The van der Waals surface area contributed by atoms with E-state index in [4.69, 9.17) is 0 Å². The van der Waals surface area contributed by atoms with E-state index < -0.39 is 0 Å². The van der Waals surface area contributed by atoms with Crippen LogP contribution in [0.5, 0.6) is 0 Å². The Morgan fingerprint density at radius 2 is 1.41 bits per heavy atom. The fourth-order valence-electron chi connectivity index (χ4n) is 2.27. The molecular weight excluding hydrogens is 212 g/mol. The molecule has 0 fully saturated rings. The van der Waals surface area contributed by atoms with Crippen molar-refractivity contribution in [2.24, 2.45) is 0 Å². The summed E-state index contributed by atoms with van der Waals surface area (Å²) >= 11 is 0. The molecule has 1 heterocycles. The number of carbonyl (C=O) groups excluding carboxylic acids is 1. The van der Waals surface area contributed by atoms with Gasteiger partial charge in [0.1, 0.15) is 0 Å². The molecule has 3 rings (SSSR count). The van der Waals surface area contributed by atoms with Crippen molar-refractivity contribution in [3.05, 3.63) is 48.5 Å². The van der Waals surface area contributed by atoms with Crippen molar-refractivity contribution in [1.82, 2.24) is 4.68 Å². The molecule has 3 heteroatoms. The van der Waals surface area contributed by atoms with E-state index in [-0.39, 0.29) is 0 Å². The van der Waals surface area contributed by atoms with Crippen LogP contribution >= 0.6 is 0 Å². The zero-order valence-corrected chi connectivity index (χ0v) is 9.42. The third kappa shape index (κ3) is 1.32. The van der Waals surface area contributed by atoms with E-state index in [1.165, 1.54) is 5.01 Å². The van der Waals surface area contributed by atoms with E-state index >= 15 is 0 Å². The first-order valence-corrected chi connectivity index (χ1v) is 5.43. The van der Waals surface area contributed by atoms with Crippen LogP contribution in [0, 0.1) is 0 Å². The van der Waals surface area contributed by atoms with Crippen molar-refractivity contribution in [2.75, 3.05) is 12.1 Å². The predicted molar refractivity (Wildman–Crippen MR) is 69.3 cm³/mol. The van der Waals surface area contributed by atoms with Gasteiger partial charge in [0, 0.05) is 17.8 Å². The number of benzene rings is 2. The van der Waals surface area contributed by atoms with Crippen molar-refractivity contribution in [1.29, 1.82) is 0 Å². The highest BCUT2D eigenvalue weighted by atomic mass is 16.1. The lowest BCUT2D eigenvalue weighted by Crippen LogP contribution is -2.27. The lowest BCUT2D eigenvalue weighted by Gasteiger charge is -2.14. The first kappa shape index (κ1) is 9.90. The minimum atomic E-state index is 1.01. The van der Waals surface area contributed by atoms with Crippen LogP contribution < -0.4 is 5.01 Å². The standard InChI is InChI=1S/C14H11N2O/c1-15(10-17)16-13-8-4-2-6-11(13)12-7-3-5-9-14(12)16/h2-9H,1H3. The van der Waals surface area contributed by atoms with Crippen LogP contribution in [-0.2, 0) is 4.79 Å². The Hall–Kier alpha value is -2.29. The van der Waals surface area contributed by atoms with Gasteiger partial charge in [-0.15, -0.1) is 0 Å². The maximum atomic E-state index is 10.9. The number of amides is 1. The molecule has 2 aromatic carbocycles. The van der Waals surface area contributed by atoms with Gasteiger partial charge < -0.3 is 0 Å². The van der Waals surface area contributed by atoms with Gasteiger partial charge in [-0.3, -0.25) is 4.79 Å². The molecule has 0 aliphatic heterocycles. The molecule has 1 aromatic heterocycles. The van der Waals surface area contributed by atoms with Crippen molar-refractivity contribution >= 4 is 28.2 Å². The van der Waals surface area contributed by atoms with Crippen molar-refractivity contribution in [2.45, 2.75) is 0 Å². The molecule has 3 aromatic rings. The third-order valence-electron chi connectivity index (χ3n) is 2.99. The second-order valence-electron chi connectivity index (χ2n) is 3.96. The van der Waals surface area contributed by atoms with E-state index in [2.05, 4.69) is 12.1 Å². The molecule has 3 nitrogen and oxygen atoms in total. The monoisotopic (exact) mass is 223 g/mol. The second kappa shape index (κ2) is 3.63. The minimum Gasteiger partial charge on any atom is -0.261 e. The Balaban J connectivity index is 2.54. The van der Waals surface area contributed by atoms with Crippen LogP contribution in [0.15, 0.2) is 48.5 Å². The van der Waals surface area contributed by atoms with Crippen molar-refractivity contribution in [3.8, 4) is 0 Å². The van der Waals surface area contributed by atoms with Crippen molar-refractivity contribution in [3.63, 3.8) is 0 Å². The van der Waals surface area contributed by atoms with E-state index in [0.29, 0.717) is 0 Å². The maximum absolute atomic E-state index is 10.9. The number of hydrogen-bond donors (Lipinski definition) is 0. The number of para-hydroxylation sites is 2. The summed E-state index contributed by atoms with van der Waals surface area (Å²) in [5.41, 5.74) is 2.03. The minimum absolute atomic E-state index is 1.01. The summed E-state index contributed by atoms with van der Waals surface area (Å²) in [5, 5.41) is 3.72. The van der Waals surface area contributed by atoms with Crippen LogP contribution in [0.25, 0.3) is 21.8 Å². The second-order valence-corrected chi connectivity index (χ2v) is 3.96. The van der Waals surface area contributed by atoms with Crippen LogP contribution in [0.1, 0.15) is 0 Å². The zero-order chi connectivity index (χ0) is 11.8. The largest absolute Gasteiger partial charge is 0.332 e. The topological polar surface area (TPSA) is 25.2 Å². The Kier molecular flexibility index (Phi) is 2.11. The molecular formula is C14H11N2O. The van der Waals surface area contributed by atoms with Gasteiger partial charge in [-0.2, -0.15) is 0 Å². The molecule has 0 saturated carbocycles. The highest BCUT2D eigenvalue weighted by Crippen LogP contribution is 2.28. The number of aromatic nitrogens is 1. The SMILES string of the molecule is CN([C]=O)n1c2ccccc2c2ccccc21. The molecule has 0 atom stereocenters. The molecule has 0 spiro atoms. The number of rotatable bonds is 2. The Bertz CT molecular complexity index is 646. The van der Waals surface area contributed by atoms with E-state index in [1.807, 2.05) is 47.5 Å². The Morgan fingerprint density at radius 3 is 1.88 bits per heavy atom. The molecule has 1 amide bonds. The van der Waals surface area contributed by atoms with E-state index in [0.717, 1.165) is 21.8 Å². The number of nitrogens with zero attached hydrogens (tertiary/aromatic N) is 2. The Morgan fingerprint density at radius 1 is 0.941 bits per heavy atom. The molecule has 83 valence electrons. The third-order valence-corrected chi connectivity index (χ3v) is 2.99. The van der Waals surface area contributed by atoms with Crippen LogP contribution in [0.3, 0.4) is 0 Å². The fraction of sp³-hybridized carbons (Fsp3) is 0.0714. The van der Waals surface area contributed by atoms with Gasteiger partial charge in [0.2, 0.25) is 0 Å². The van der Waals surface area contributed by atoms with Gasteiger partial charge in [-0.05, 0) is 12.1 Å². The van der Waals surface area contributed by atoms with Crippen LogP contribution in [-0.4, -0.2) is 18.1 Å². The first-order chi connectivity index (χ1) is 8.33. The summed E-state index contributed by atoms with van der Waals surface area (Å²) in [5.74, 6) is 0. The molecule has 0 unspecified atom stereocenters. The zero-order valence-electron chi connectivity index (χ0n) is 9.42. The average Bonchev–Trinajstić information content (AvgIpc) is 2.72. The van der Waals surface area contributed by atoms with Gasteiger partial charge in [0.25, 0.3) is 0 Å². The molecule has 0 aliphatic rings. The molecule has 1 radical (unpaired) electrons. The molecule has 0 N–H and O–H groups in total. The van der Waals surface area contributed by atoms with Crippen LogP contribution in [0.4, 0.5) is 0 Å². The lowest BCUT2D eigenvalue weighted by molar-refractivity contribution is 0.544.